The van der Waals surface area contributed by atoms with E-state index in [1.165, 1.54) is 270 Å². The molecule has 0 radical (unpaired) electrons. The number of ether oxygens (including phenoxy) is 4. The van der Waals surface area contributed by atoms with Crippen LogP contribution < -0.4 is 0 Å². The number of esters is 4. The van der Waals surface area contributed by atoms with Crippen molar-refractivity contribution in [1.82, 2.24) is 0 Å². The third kappa shape index (κ3) is 78.0. The number of aliphatic hydroxyl groups is 1. The van der Waals surface area contributed by atoms with Gasteiger partial charge in [-0.05, 0) is 31.6 Å². The summed E-state index contributed by atoms with van der Waals surface area (Å²) >= 11 is 0. The summed E-state index contributed by atoms with van der Waals surface area (Å²) in [6, 6.07) is 0. The second-order valence-electron chi connectivity index (χ2n) is 30.7. The molecule has 0 fully saturated rings. The minimum Gasteiger partial charge on any atom is -0.462 e. The summed E-state index contributed by atoms with van der Waals surface area (Å²) in [5.74, 6) is -1.43. The standard InChI is InChI=1S/C84H164O17P2/c1-6-9-12-15-18-21-24-27-30-33-34-35-36-37-38-41-44-47-50-53-60-65-69-83(88)100-79(73-94-81(86)67-62-57-51-48-45-42-39-31-28-25-22-19-16-13-10-7-2)75-98-102(90,91)96-71-78(85)72-97-103(92,93)99-76-80(74-95-82(87)68-63-58-55-54-56-61-66-77(4)5)101-84(89)70-64-59-52-49-46-43-40-32-29-26-23-20-17-14-11-8-3/h77-80,85H,6-76H2,1-5H3,(H,90,91)(H,92,93)/t78-,79-,80-/m1/s1. The number of rotatable bonds is 84. The number of unbranched alkanes of at least 4 members (excludes halogenated alkanes) is 56. The summed E-state index contributed by atoms with van der Waals surface area (Å²) < 4.78 is 68.8. The first-order valence-corrected chi connectivity index (χ1v) is 46.6. The van der Waals surface area contributed by atoms with Gasteiger partial charge < -0.3 is 33.8 Å². The molecule has 0 aromatic carbocycles. The first kappa shape index (κ1) is 101. The van der Waals surface area contributed by atoms with E-state index in [0.717, 1.165) is 96.3 Å². The molecule has 3 N–H and O–H groups in total. The number of phosphoric ester groups is 2. The Labute approximate surface area is 632 Å². The Morgan fingerprint density at radius 1 is 0.262 bits per heavy atom. The predicted molar refractivity (Wildman–Crippen MR) is 423 cm³/mol. The van der Waals surface area contributed by atoms with Crippen LogP contribution in [0.15, 0.2) is 0 Å². The van der Waals surface area contributed by atoms with Crippen LogP contribution in [0.4, 0.5) is 0 Å². The van der Waals surface area contributed by atoms with Crippen LogP contribution in [0, 0.1) is 5.92 Å². The third-order valence-corrected chi connectivity index (χ3v) is 21.7. The molecule has 17 nitrogen and oxygen atoms in total. The molecule has 0 bridgehead atoms. The molecule has 0 saturated heterocycles. The average molecular weight is 1510 g/mol. The minimum atomic E-state index is -4.96. The largest absolute Gasteiger partial charge is 0.472 e. The van der Waals surface area contributed by atoms with Crippen molar-refractivity contribution in [2.45, 2.75) is 470 Å². The van der Waals surface area contributed by atoms with E-state index in [1.54, 1.807) is 0 Å². The van der Waals surface area contributed by atoms with Crippen LogP contribution in [0.25, 0.3) is 0 Å². The molecule has 19 heteroatoms. The van der Waals surface area contributed by atoms with Crippen LogP contribution >= 0.6 is 15.6 Å². The zero-order chi connectivity index (χ0) is 75.5. The predicted octanol–water partition coefficient (Wildman–Crippen LogP) is 25.6. The monoisotopic (exact) mass is 1510 g/mol. The van der Waals surface area contributed by atoms with Gasteiger partial charge in [0.1, 0.15) is 19.3 Å². The molecule has 2 unspecified atom stereocenters. The van der Waals surface area contributed by atoms with Gasteiger partial charge in [-0.3, -0.25) is 37.3 Å². The van der Waals surface area contributed by atoms with Gasteiger partial charge in [0, 0.05) is 25.7 Å². The molecular weight excluding hydrogens is 1340 g/mol. The van der Waals surface area contributed by atoms with Gasteiger partial charge in [0.05, 0.1) is 26.4 Å². The maximum absolute atomic E-state index is 13.1. The Bertz CT molecular complexity index is 1960. The number of hydrogen-bond acceptors (Lipinski definition) is 15. The highest BCUT2D eigenvalue weighted by molar-refractivity contribution is 7.47. The summed E-state index contributed by atoms with van der Waals surface area (Å²) in [4.78, 5) is 73.1. The van der Waals surface area contributed by atoms with Crippen molar-refractivity contribution in [1.29, 1.82) is 0 Å². The third-order valence-electron chi connectivity index (χ3n) is 19.8. The number of carbonyl (C=O) groups excluding carboxylic acids is 4. The van der Waals surface area contributed by atoms with Crippen molar-refractivity contribution >= 4 is 39.5 Å². The minimum absolute atomic E-state index is 0.108. The van der Waals surface area contributed by atoms with Crippen molar-refractivity contribution in [2.75, 3.05) is 39.6 Å². The number of aliphatic hydroxyl groups excluding tert-OH is 1. The van der Waals surface area contributed by atoms with Crippen LogP contribution in [0.3, 0.4) is 0 Å². The molecule has 0 amide bonds. The van der Waals surface area contributed by atoms with Crippen LogP contribution in [0.5, 0.6) is 0 Å². The molecule has 0 aromatic heterocycles. The molecule has 0 aromatic rings. The van der Waals surface area contributed by atoms with E-state index in [9.17, 15) is 43.2 Å². The van der Waals surface area contributed by atoms with Crippen LogP contribution in [-0.4, -0.2) is 96.7 Å². The topological polar surface area (TPSA) is 237 Å². The fourth-order valence-electron chi connectivity index (χ4n) is 13.1. The van der Waals surface area contributed by atoms with E-state index in [-0.39, 0.29) is 25.7 Å². The maximum atomic E-state index is 13.1. The molecule has 0 saturated carbocycles. The van der Waals surface area contributed by atoms with Crippen LogP contribution in [-0.2, 0) is 65.4 Å². The first-order valence-electron chi connectivity index (χ1n) is 43.6. The van der Waals surface area contributed by atoms with Gasteiger partial charge in [0.2, 0.25) is 0 Å². The van der Waals surface area contributed by atoms with Crippen LogP contribution in [0.2, 0.25) is 0 Å². The lowest BCUT2D eigenvalue weighted by Gasteiger charge is -2.21. The molecule has 5 atom stereocenters. The van der Waals surface area contributed by atoms with Gasteiger partial charge in [-0.25, -0.2) is 9.13 Å². The van der Waals surface area contributed by atoms with Crippen LogP contribution in [0.1, 0.15) is 452 Å². The lowest BCUT2D eigenvalue weighted by Crippen LogP contribution is -2.30. The molecule has 0 rings (SSSR count). The summed E-state index contributed by atoms with van der Waals surface area (Å²) in [6.45, 7) is 7.27. The SMILES string of the molecule is CCCCCCCCCCCCCCCCCCCCCCCCC(=O)O[C@H](COC(=O)CCCCCCCCCCCCCCCCCC)COP(=O)(O)OC[C@@H](O)COP(=O)(O)OC[C@@H](COC(=O)CCCCCCCCC(C)C)OC(=O)CCCCCCCCCCCCCCCCCC. The van der Waals surface area contributed by atoms with Gasteiger partial charge in [0.15, 0.2) is 12.2 Å². The number of carbonyl (C=O) groups is 4. The molecule has 103 heavy (non-hydrogen) atoms. The Kier molecular flexibility index (Phi) is 75.4. The average Bonchev–Trinajstić information content (AvgIpc) is 0.917. The Morgan fingerprint density at radius 2 is 0.447 bits per heavy atom. The molecule has 0 spiro atoms. The highest BCUT2D eigenvalue weighted by Crippen LogP contribution is 2.45. The molecule has 0 aliphatic carbocycles. The summed E-state index contributed by atoms with van der Waals surface area (Å²) in [6.07, 6.45) is 69.7. The molecule has 0 aliphatic rings. The van der Waals surface area contributed by atoms with E-state index < -0.39 is 97.5 Å². The second kappa shape index (κ2) is 76.8. The Balaban J connectivity index is 5.19. The smallest absolute Gasteiger partial charge is 0.462 e. The van der Waals surface area contributed by atoms with Gasteiger partial charge in [-0.1, -0.05) is 401 Å². The zero-order valence-electron chi connectivity index (χ0n) is 67.5. The number of phosphoric acid groups is 2. The quantitative estimate of drug-likeness (QED) is 0.0222. The Hall–Kier alpha value is -1.94. The fourth-order valence-corrected chi connectivity index (χ4v) is 14.7. The van der Waals surface area contributed by atoms with E-state index >= 15 is 0 Å². The molecule has 612 valence electrons. The van der Waals surface area contributed by atoms with Crippen molar-refractivity contribution in [3.63, 3.8) is 0 Å². The van der Waals surface area contributed by atoms with E-state index in [0.29, 0.717) is 31.6 Å². The van der Waals surface area contributed by atoms with Crippen molar-refractivity contribution in [3.05, 3.63) is 0 Å². The lowest BCUT2D eigenvalue weighted by atomic mass is 10.0. The van der Waals surface area contributed by atoms with E-state index in [2.05, 4.69) is 34.6 Å². The summed E-state index contributed by atoms with van der Waals surface area (Å²) in [5, 5.41) is 10.7. The van der Waals surface area contributed by atoms with Crippen molar-refractivity contribution in [3.8, 4) is 0 Å². The second-order valence-corrected chi connectivity index (χ2v) is 33.6. The van der Waals surface area contributed by atoms with E-state index in [4.69, 9.17) is 37.0 Å². The van der Waals surface area contributed by atoms with Crippen molar-refractivity contribution < 1.29 is 80.2 Å². The maximum Gasteiger partial charge on any atom is 0.472 e. The van der Waals surface area contributed by atoms with Gasteiger partial charge >= 0.3 is 39.5 Å². The van der Waals surface area contributed by atoms with Gasteiger partial charge in [-0.15, -0.1) is 0 Å². The van der Waals surface area contributed by atoms with Crippen molar-refractivity contribution in [2.24, 2.45) is 5.92 Å². The summed E-state index contributed by atoms with van der Waals surface area (Å²) in [5.41, 5.74) is 0. The lowest BCUT2D eigenvalue weighted by molar-refractivity contribution is -0.161. The Morgan fingerprint density at radius 3 is 0.660 bits per heavy atom. The molecular formula is C84H164O17P2. The number of hydrogen-bond donors (Lipinski definition) is 3. The van der Waals surface area contributed by atoms with Gasteiger partial charge in [0.25, 0.3) is 0 Å². The first-order chi connectivity index (χ1) is 50.0. The summed E-state index contributed by atoms with van der Waals surface area (Å²) in [7, 11) is -9.92. The molecule has 0 aliphatic heterocycles. The van der Waals surface area contributed by atoms with Gasteiger partial charge in [-0.2, -0.15) is 0 Å². The highest BCUT2D eigenvalue weighted by Gasteiger charge is 2.30. The normalized spacial score (nSPS) is 13.8. The molecule has 0 heterocycles. The fraction of sp³-hybridized carbons (Fsp3) is 0.952. The van der Waals surface area contributed by atoms with E-state index in [1.807, 2.05) is 0 Å². The highest BCUT2D eigenvalue weighted by atomic mass is 31.2. The zero-order valence-corrected chi connectivity index (χ0v) is 69.3.